The lowest BCUT2D eigenvalue weighted by atomic mass is 10.1. The highest BCUT2D eigenvalue weighted by Crippen LogP contribution is 2.27. The molecule has 0 heterocycles. The molecule has 9 heteroatoms. The van der Waals surface area contributed by atoms with Crippen LogP contribution in [0.4, 0.5) is 11.4 Å². The summed E-state index contributed by atoms with van der Waals surface area (Å²) in [5, 5.41) is 8.64. The van der Waals surface area contributed by atoms with Crippen LogP contribution in [-0.2, 0) is 9.59 Å². The van der Waals surface area contributed by atoms with Crippen molar-refractivity contribution in [2.24, 2.45) is 0 Å². The number of hydrogen-bond acceptors (Lipinski definition) is 5. The van der Waals surface area contributed by atoms with Crippen molar-refractivity contribution in [3.05, 3.63) is 125 Å². The predicted molar refractivity (Wildman–Crippen MR) is 170 cm³/mol. The summed E-state index contributed by atoms with van der Waals surface area (Å²) in [6.45, 7) is 4.29. The fraction of sp³-hybridized carbons (Fsp3) is 0.121. The molecule has 0 radical (unpaired) electrons. The number of carbonyl (C=O) groups excluding carboxylic acids is 3. The number of carbonyl (C=O) groups is 3. The number of halogens is 1. The van der Waals surface area contributed by atoms with Crippen molar-refractivity contribution in [3.63, 3.8) is 0 Å². The fourth-order valence-corrected chi connectivity index (χ4v) is 4.87. The Bertz CT molecular complexity index is 1560. The minimum Gasteiger partial charge on any atom is -0.494 e. The second kappa shape index (κ2) is 14.9. The molecule has 0 aliphatic carbocycles. The third-order valence-corrected chi connectivity index (χ3v) is 7.26. The van der Waals surface area contributed by atoms with Crippen LogP contribution in [0.25, 0.3) is 6.08 Å². The molecule has 7 nitrogen and oxygen atoms in total. The lowest BCUT2D eigenvalue weighted by Gasteiger charge is -2.14. The minimum atomic E-state index is -0.502. The van der Waals surface area contributed by atoms with E-state index in [0.717, 1.165) is 10.6 Å². The molecule has 0 spiro atoms. The first kappa shape index (κ1) is 30.4. The third kappa shape index (κ3) is 8.99. The molecule has 0 saturated heterocycles. The van der Waals surface area contributed by atoms with Crippen LogP contribution in [0.1, 0.15) is 29.8 Å². The van der Waals surface area contributed by atoms with Crippen LogP contribution in [0, 0.1) is 0 Å². The Morgan fingerprint density at radius 2 is 1.57 bits per heavy atom. The van der Waals surface area contributed by atoms with E-state index in [1.165, 1.54) is 11.8 Å². The summed E-state index contributed by atoms with van der Waals surface area (Å²) in [5.41, 5.74) is 2.36. The Balaban J connectivity index is 1.44. The molecule has 4 aromatic carbocycles. The topological polar surface area (TPSA) is 96.5 Å². The number of hydrogen-bond donors (Lipinski definition) is 3. The van der Waals surface area contributed by atoms with Gasteiger partial charge in [-0.1, -0.05) is 48.0 Å². The van der Waals surface area contributed by atoms with Crippen molar-refractivity contribution in [2.45, 2.75) is 24.0 Å². The van der Waals surface area contributed by atoms with Crippen molar-refractivity contribution < 1.29 is 19.1 Å². The average molecular weight is 600 g/mol. The van der Waals surface area contributed by atoms with E-state index in [1.807, 2.05) is 26.0 Å². The smallest absolute Gasteiger partial charge is 0.272 e. The summed E-state index contributed by atoms with van der Waals surface area (Å²) in [6.07, 6.45) is 1.58. The summed E-state index contributed by atoms with van der Waals surface area (Å²) < 4.78 is 5.44. The molecule has 1 unspecified atom stereocenters. The summed E-state index contributed by atoms with van der Waals surface area (Å²) in [5.74, 6) is -0.335. The summed E-state index contributed by atoms with van der Waals surface area (Å²) >= 11 is 7.37. The lowest BCUT2D eigenvalue weighted by Crippen LogP contribution is -2.30. The van der Waals surface area contributed by atoms with Crippen LogP contribution < -0.4 is 20.7 Å². The maximum Gasteiger partial charge on any atom is 0.272 e. The van der Waals surface area contributed by atoms with E-state index in [-0.39, 0.29) is 11.6 Å². The number of anilines is 2. The molecule has 0 aliphatic rings. The van der Waals surface area contributed by atoms with Gasteiger partial charge in [0, 0.05) is 26.9 Å². The molecular formula is C33H30ClN3O4S. The third-order valence-electron chi connectivity index (χ3n) is 5.92. The van der Waals surface area contributed by atoms with Crippen molar-refractivity contribution >= 4 is 58.5 Å². The maximum absolute atomic E-state index is 13.4. The fourth-order valence-electron chi connectivity index (χ4n) is 3.82. The van der Waals surface area contributed by atoms with Gasteiger partial charge in [-0.05, 0) is 92.2 Å². The molecule has 0 saturated carbocycles. The quantitative estimate of drug-likeness (QED) is 0.124. The number of rotatable bonds is 11. The lowest BCUT2D eigenvalue weighted by molar-refractivity contribution is -0.115. The molecular weight excluding hydrogens is 570 g/mol. The monoisotopic (exact) mass is 599 g/mol. The first-order valence-electron chi connectivity index (χ1n) is 13.3. The highest BCUT2D eigenvalue weighted by atomic mass is 35.5. The van der Waals surface area contributed by atoms with Crippen molar-refractivity contribution in [1.29, 1.82) is 0 Å². The number of nitrogens with one attached hydrogen (secondary N) is 3. The van der Waals surface area contributed by atoms with Gasteiger partial charge in [0.05, 0.1) is 11.9 Å². The van der Waals surface area contributed by atoms with E-state index in [1.54, 1.807) is 97.1 Å². The van der Waals surface area contributed by atoms with Crippen LogP contribution in [0.3, 0.4) is 0 Å². The van der Waals surface area contributed by atoms with E-state index in [2.05, 4.69) is 16.0 Å². The van der Waals surface area contributed by atoms with Gasteiger partial charge < -0.3 is 20.7 Å². The molecule has 0 aromatic heterocycles. The Kier molecular flexibility index (Phi) is 10.8. The Morgan fingerprint density at radius 1 is 0.857 bits per heavy atom. The highest BCUT2D eigenvalue weighted by Gasteiger charge is 2.17. The molecule has 4 aromatic rings. The Hall–Kier alpha value is -4.53. The normalized spacial score (nSPS) is 11.7. The largest absolute Gasteiger partial charge is 0.494 e. The van der Waals surface area contributed by atoms with Gasteiger partial charge in [-0.15, -0.1) is 11.8 Å². The van der Waals surface area contributed by atoms with E-state index >= 15 is 0 Å². The minimum absolute atomic E-state index is 0.0623. The van der Waals surface area contributed by atoms with Crippen molar-refractivity contribution in [3.8, 4) is 5.75 Å². The van der Waals surface area contributed by atoms with Gasteiger partial charge in [0.1, 0.15) is 11.4 Å². The van der Waals surface area contributed by atoms with Gasteiger partial charge in [0.2, 0.25) is 5.91 Å². The van der Waals surface area contributed by atoms with E-state index in [0.29, 0.717) is 34.1 Å². The van der Waals surface area contributed by atoms with Gasteiger partial charge in [0.25, 0.3) is 11.8 Å². The Morgan fingerprint density at radius 3 is 2.26 bits per heavy atom. The predicted octanol–water partition coefficient (Wildman–Crippen LogP) is 7.27. The summed E-state index contributed by atoms with van der Waals surface area (Å²) in [7, 11) is 0. The average Bonchev–Trinajstić information content (AvgIpc) is 2.99. The Labute approximate surface area is 254 Å². The van der Waals surface area contributed by atoms with E-state index in [9.17, 15) is 14.4 Å². The number of thioether (sulfide) groups is 1. The zero-order chi connectivity index (χ0) is 29.9. The van der Waals surface area contributed by atoms with Crippen LogP contribution in [0.5, 0.6) is 5.75 Å². The maximum atomic E-state index is 13.4. The van der Waals surface area contributed by atoms with E-state index < -0.39 is 17.1 Å². The first-order chi connectivity index (χ1) is 20.3. The first-order valence-corrected chi connectivity index (χ1v) is 14.5. The SMILES string of the molecule is CCOc1ccc(NC(=O)C(C)Sc2cccc(NC(=O)/C(=C/c3ccc(Cl)cc3)NC(=O)c3ccccc3)c2)cc1. The van der Waals surface area contributed by atoms with Crippen LogP contribution in [0.15, 0.2) is 114 Å². The van der Waals surface area contributed by atoms with Crippen LogP contribution in [-0.4, -0.2) is 29.6 Å². The van der Waals surface area contributed by atoms with Gasteiger partial charge in [-0.25, -0.2) is 0 Å². The van der Waals surface area contributed by atoms with Crippen molar-refractivity contribution in [1.82, 2.24) is 5.32 Å². The van der Waals surface area contributed by atoms with Gasteiger partial charge >= 0.3 is 0 Å². The molecule has 0 aliphatic heterocycles. The number of ether oxygens (including phenoxy) is 1. The summed E-state index contributed by atoms with van der Waals surface area (Å²) in [4.78, 5) is 39.8. The second-order valence-electron chi connectivity index (χ2n) is 9.12. The molecule has 4 rings (SSSR count). The molecule has 42 heavy (non-hydrogen) atoms. The van der Waals surface area contributed by atoms with Gasteiger partial charge in [-0.3, -0.25) is 14.4 Å². The van der Waals surface area contributed by atoms with Crippen LogP contribution >= 0.6 is 23.4 Å². The number of benzene rings is 4. The molecule has 3 amide bonds. The molecule has 214 valence electrons. The molecule has 0 fully saturated rings. The highest BCUT2D eigenvalue weighted by molar-refractivity contribution is 8.00. The molecule has 3 N–H and O–H groups in total. The van der Waals surface area contributed by atoms with Gasteiger partial charge in [0.15, 0.2) is 0 Å². The standard InChI is InChI=1S/C33H30ClN3O4S/c1-3-41-28-18-16-26(17-19-28)35-31(38)22(2)42-29-11-7-10-27(21-29)36-33(40)30(20-23-12-14-25(34)15-13-23)37-32(39)24-8-5-4-6-9-24/h4-22H,3H2,1-2H3,(H,35,38)(H,36,40)(H,37,39)/b30-20-. The van der Waals surface area contributed by atoms with Gasteiger partial charge in [-0.2, -0.15) is 0 Å². The molecule has 0 bridgehead atoms. The van der Waals surface area contributed by atoms with Crippen molar-refractivity contribution in [2.75, 3.05) is 17.2 Å². The zero-order valence-corrected chi connectivity index (χ0v) is 24.7. The summed E-state index contributed by atoms with van der Waals surface area (Å²) in [6, 6.07) is 29.9. The zero-order valence-electron chi connectivity index (χ0n) is 23.1. The second-order valence-corrected chi connectivity index (χ2v) is 11.0. The molecule has 1 atom stereocenters. The number of amides is 3. The van der Waals surface area contributed by atoms with E-state index in [4.69, 9.17) is 16.3 Å². The van der Waals surface area contributed by atoms with Crippen LogP contribution in [0.2, 0.25) is 5.02 Å².